The van der Waals surface area contributed by atoms with Gasteiger partial charge in [0.25, 0.3) is 5.56 Å². The predicted octanol–water partition coefficient (Wildman–Crippen LogP) is 0.784. The van der Waals surface area contributed by atoms with Gasteiger partial charge in [-0.1, -0.05) is 5.57 Å². The van der Waals surface area contributed by atoms with Crippen LogP contribution in [0.25, 0.3) is 16.7 Å². The van der Waals surface area contributed by atoms with Gasteiger partial charge in [0, 0.05) is 21.1 Å². The van der Waals surface area contributed by atoms with Crippen LogP contribution in [0.5, 0.6) is 0 Å². The molecular weight excluding hydrogens is 244 g/mol. The fourth-order valence-corrected chi connectivity index (χ4v) is 2.08. The number of aryl methyl sites for hydroxylation is 2. The Morgan fingerprint density at radius 2 is 1.53 bits per heavy atom. The van der Waals surface area contributed by atoms with Crippen molar-refractivity contribution < 1.29 is 0 Å². The van der Waals surface area contributed by atoms with Crippen molar-refractivity contribution in [1.82, 2.24) is 18.7 Å². The Morgan fingerprint density at radius 1 is 0.947 bits per heavy atom. The summed E-state index contributed by atoms with van der Waals surface area (Å²) in [6.45, 7) is 5.94. The van der Waals surface area contributed by atoms with Crippen molar-refractivity contribution in [3.8, 4) is 0 Å². The Bertz CT molecular complexity index is 814. The van der Waals surface area contributed by atoms with Gasteiger partial charge >= 0.3 is 5.69 Å². The van der Waals surface area contributed by atoms with Crippen LogP contribution in [0, 0.1) is 0 Å². The molecule has 0 aliphatic heterocycles. The lowest BCUT2D eigenvalue weighted by molar-refractivity contribution is 0.705. The molecule has 0 unspecified atom stereocenters. The van der Waals surface area contributed by atoms with Crippen LogP contribution in [-0.2, 0) is 21.1 Å². The van der Waals surface area contributed by atoms with Gasteiger partial charge < -0.3 is 4.57 Å². The van der Waals surface area contributed by atoms with E-state index in [9.17, 15) is 9.59 Å². The molecule has 0 saturated carbocycles. The van der Waals surface area contributed by atoms with Crippen LogP contribution in [0.15, 0.2) is 15.2 Å². The lowest BCUT2D eigenvalue weighted by Gasteiger charge is -2.04. The fraction of sp³-hybridized carbons (Fsp3) is 0.462. The number of allylic oxidation sites excluding steroid dienone is 2. The molecule has 6 heteroatoms. The summed E-state index contributed by atoms with van der Waals surface area (Å²) in [6.07, 6.45) is 0. The number of hydrogen-bond donors (Lipinski definition) is 0. The minimum atomic E-state index is -0.364. The Balaban J connectivity index is 3.06. The lowest BCUT2D eigenvalue weighted by atomic mass is 10.2. The van der Waals surface area contributed by atoms with Gasteiger partial charge in [-0.15, -0.1) is 0 Å². The van der Waals surface area contributed by atoms with Crippen LogP contribution in [0.2, 0.25) is 0 Å². The monoisotopic (exact) mass is 262 g/mol. The molecular formula is C13H18N4O2. The minimum absolute atomic E-state index is 0.319. The second-order valence-electron chi connectivity index (χ2n) is 5.00. The molecule has 19 heavy (non-hydrogen) atoms. The summed E-state index contributed by atoms with van der Waals surface area (Å²) in [5, 5.41) is 0. The van der Waals surface area contributed by atoms with Crippen molar-refractivity contribution >= 4 is 16.7 Å². The number of nitrogens with zero attached hydrogens (tertiary/aromatic N) is 4. The number of fused-ring (bicyclic) bond motifs is 1. The maximum atomic E-state index is 12.2. The highest BCUT2D eigenvalue weighted by Gasteiger charge is 2.17. The Kier molecular flexibility index (Phi) is 2.96. The van der Waals surface area contributed by atoms with E-state index in [4.69, 9.17) is 0 Å². The molecule has 0 spiro atoms. The molecule has 0 amide bonds. The van der Waals surface area contributed by atoms with E-state index in [0.717, 1.165) is 15.7 Å². The first-order valence-corrected chi connectivity index (χ1v) is 6.04. The van der Waals surface area contributed by atoms with E-state index in [2.05, 4.69) is 4.98 Å². The van der Waals surface area contributed by atoms with E-state index in [1.165, 1.54) is 11.6 Å². The third-order valence-corrected chi connectivity index (χ3v) is 3.56. The Morgan fingerprint density at radius 3 is 2.05 bits per heavy atom. The van der Waals surface area contributed by atoms with Gasteiger partial charge in [-0.3, -0.25) is 13.9 Å². The maximum Gasteiger partial charge on any atom is 0.332 e. The quantitative estimate of drug-likeness (QED) is 0.763. The van der Waals surface area contributed by atoms with Crippen LogP contribution < -0.4 is 11.2 Å². The number of rotatable bonds is 1. The summed E-state index contributed by atoms with van der Waals surface area (Å²) >= 11 is 0. The third-order valence-electron chi connectivity index (χ3n) is 3.56. The van der Waals surface area contributed by atoms with Gasteiger partial charge in [-0.2, -0.15) is 0 Å². The molecule has 0 radical (unpaired) electrons. The first kappa shape index (κ1) is 13.3. The highest BCUT2D eigenvalue weighted by Crippen LogP contribution is 2.19. The second kappa shape index (κ2) is 4.22. The van der Waals surface area contributed by atoms with Gasteiger partial charge in [0.15, 0.2) is 11.2 Å². The lowest BCUT2D eigenvalue weighted by Crippen LogP contribution is -2.37. The number of hydrogen-bond acceptors (Lipinski definition) is 3. The van der Waals surface area contributed by atoms with Crippen LogP contribution in [-0.4, -0.2) is 18.7 Å². The highest BCUT2D eigenvalue weighted by atomic mass is 16.2. The second-order valence-corrected chi connectivity index (χ2v) is 5.00. The van der Waals surface area contributed by atoms with E-state index < -0.39 is 0 Å². The average Bonchev–Trinajstić information content (AvgIpc) is 2.70. The molecule has 102 valence electrons. The standard InChI is InChI=1S/C13H18N4O2/c1-7(2)8(3)10-14-11-9(15(10)4)12(18)17(6)13(19)16(11)5/h1-6H3. The molecule has 0 aliphatic rings. The largest absolute Gasteiger partial charge is 0.332 e. The molecule has 6 nitrogen and oxygen atoms in total. The zero-order valence-electron chi connectivity index (χ0n) is 12.1. The maximum absolute atomic E-state index is 12.2. The molecule has 2 heterocycles. The minimum Gasteiger partial charge on any atom is -0.322 e. The molecule has 0 bridgehead atoms. The molecule has 0 N–H and O–H groups in total. The number of aromatic nitrogens is 4. The summed E-state index contributed by atoms with van der Waals surface area (Å²) < 4.78 is 4.25. The summed E-state index contributed by atoms with van der Waals surface area (Å²) in [5.41, 5.74) is 2.32. The van der Waals surface area contributed by atoms with E-state index in [1.54, 1.807) is 18.7 Å². The van der Waals surface area contributed by atoms with Gasteiger partial charge in [-0.25, -0.2) is 9.78 Å². The molecule has 2 aromatic rings. The molecule has 2 rings (SSSR count). The van der Waals surface area contributed by atoms with Crippen LogP contribution in [0.1, 0.15) is 26.6 Å². The van der Waals surface area contributed by atoms with Crippen molar-refractivity contribution in [3.63, 3.8) is 0 Å². The summed E-state index contributed by atoms with van der Waals surface area (Å²) in [7, 11) is 4.90. The zero-order valence-corrected chi connectivity index (χ0v) is 12.1. The van der Waals surface area contributed by atoms with E-state index in [1.807, 2.05) is 20.8 Å². The van der Waals surface area contributed by atoms with E-state index >= 15 is 0 Å². The first-order valence-electron chi connectivity index (χ1n) is 6.04. The van der Waals surface area contributed by atoms with Crippen molar-refractivity contribution in [2.24, 2.45) is 21.1 Å². The van der Waals surface area contributed by atoms with Gasteiger partial charge in [0.2, 0.25) is 0 Å². The first-order chi connectivity index (χ1) is 8.77. The molecule has 0 aromatic carbocycles. The molecule has 0 aliphatic carbocycles. The topological polar surface area (TPSA) is 61.8 Å². The van der Waals surface area contributed by atoms with Crippen molar-refractivity contribution in [1.29, 1.82) is 0 Å². The predicted molar refractivity (Wildman–Crippen MR) is 75.1 cm³/mol. The number of imidazole rings is 1. The van der Waals surface area contributed by atoms with Crippen LogP contribution >= 0.6 is 0 Å². The molecule has 0 saturated heterocycles. The van der Waals surface area contributed by atoms with Crippen LogP contribution in [0.3, 0.4) is 0 Å². The Labute approximate surface area is 110 Å². The zero-order chi connectivity index (χ0) is 14.5. The SMILES string of the molecule is CC(C)=C(C)c1nc2c(c(=O)n(C)c(=O)n2C)n1C. The third kappa shape index (κ3) is 1.75. The molecule has 0 fully saturated rings. The molecule has 0 atom stereocenters. The van der Waals surface area contributed by atoms with Gasteiger partial charge in [0.1, 0.15) is 5.82 Å². The summed E-state index contributed by atoms with van der Waals surface area (Å²) in [5.74, 6) is 0.716. The molecule has 2 aromatic heterocycles. The summed E-state index contributed by atoms with van der Waals surface area (Å²) in [6, 6.07) is 0. The van der Waals surface area contributed by atoms with E-state index in [0.29, 0.717) is 17.0 Å². The van der Waals surface area contributed by atoms with Crippen molar-refractivity contribution in [2.45, 2.75) is 20.8 Å². The smallest absolute Gasteiger partial charge is 0.322 e. The summed E-state index contributed by atoms with van der Waals surface area (Å²) in [4.78, 5) is 28.5. The van der Waals surface area contributed by atoms with E-state index in [-0.39, 0.29) is 11.2 Å². The van der Waals surface area contributed by atoms with Gasteiger partial charge in [0.05, 0.1) is 0 Å². The normalized spacial score (nSPS) is 11.1. The van der Waals surface area contributed by atoms with Crippen molar-refractivity contribution in [2.75, 3.05) is 0 Å². The highest BCUT2D eigenvalue weighted by molar-refractivity contribution is 5.76. The van der Waals surface area contributed by atoms with Crippen molar-refractivity contribution in [3.05, 3.63) is 32.2 Å². The average molecular weight is 262 g/mol. The van der Waals surface area contributed by atoms with Gasteiger partial charge in [-0.05, 0) is 26.3 Å². The Hall–Kier alpha value is -2.11. The fourth-order valence-electron chi connectivity index (χ4n) is 2.08. The van der Waals surface area contributed by atoms with Crippen LogP contribution in [0.4, 0.5) is 0 Å².